The fourth-order valence-electron chi connectivity index (χ4n) is 2.64. The second-order valence-electron chi connectivity index (χ2n) is 5.76. The number of tetrazole rings is 1. The maximum Gasteiger partial charge on any atom is 0.250 e. The number of alkyl halides is 1. The highest BCUT2D eigenvalue weighted by atomic mass is 35.5. The van der Waals surface area contributed by atoms with Crippen LogP contribution in [0.4, 0.5) is 5.95 Å². The van der Waals surface area contributed by atoms with Gasteiger partial charge in [0.1, 0.15) is 0 Å². The number of anilines is 1. The van der Waals surface area contributed by atoms with E-state index in [0.29, 0.717) is 24.9 Å². The van der Waals surface area contributed by atoms with E-state index in [2.05, 4.69) is 34.3 Å². The van der Waals surface area contributed by atoms with Crippen molar-refractivity contribution in [2.45, 2.75) is 25.6 Å². The summed E-state index contributed by atoms with van der Waals surface area (Å²) in [6, 6.07) is 9.85. The van der Waals surface area contributed by atoms with Gasteiger partial charge >= 0.3 is 0 Å². The summed E-state index contributed by atoms with van der Waals surface area (Å²) in [5, 5.41) is 12.1. The topological polar surface area (TPSA) is 56.1 Å². The number of nitrogens with zero attached hydrogens (tertiary/aromatic N) is 5. The number of ether oxygens (including phenoxy) is 1. The van der Waals surface area contributed by atoms with Crippen molar-refractivity contribution in [1.82, 2.24) is 20.2 Å². The van der Waals surface area contributed by atoms with Gasteiger partial charge in [-0.05, 0) is 36.4 Å². The van der Waals surface area contributed by atoms with E-state index in [-0.39, 0.29) is 11.7 Å². The minimum Gasteiger partial charge on any atom is -0.367 e. The Morgan fingerprint density at radius 2 is 2.10 bits per heavy atom. The lowest BCUT2D eigenvalue weighted by Crippen LogP contribution is -2.54. The van der Waals surface area contributed by atoms with Crippen LogP contribution in [0, 0.1) is 0 Å². The largest absolute Gasteiger partial charge is 0.367 e. The lowest BCUT2D eigenvalue weighted by molar-refractivity contribution is -0.0739. The molecule has 0 spiro atoms. The van der Waals surface area contributed by atoms with E-state index in [1.165, 1.54) is 0 Å². The third-order valence-electron chi connectivity index (χ3n) is 3.39. The molecule has 0 radical (unpaired) electrons. The highest BCUT2D eigenvalue weighted by molar-refractivity contribution is 6.18. The van der Waals surface area contributed by atoms with Gasteiger partial charge < -0.3 is 9.64 Å². The van der Waals surface area contributed by atoms with Crippen molar-refractivity contribution < 1.29 is 4.74 Å². The van der Waals surface area contributed by atoms with Gasteiger partial charge in [-0.2, -0.15) is 4.68 Å². The van der Waals surface area contributed by atoms with E-state index in [4.69, 9.17) is 16.3 Å². The van der Waals surface area contributed by atoms with Gasteiger partial charge in [-0.3, -0.25) is 0 Å². The summed E-state index contributed by atoms with van der Waals surface area (Å²) in [6.45, 7) is 5.50. The van der Waals surface area contributed by atoms with Crippen LogP contribution in [-0.4, -0.2) is 50.9 Å². The molecule has 1 aromatic carbocycles. The Balaban J connectivity index is 1.92. The van der Waals surface area contributed by atoms with Crippen LogP contribution in [0.3, 0.4) is 0 Å². The summed E-state index contributed by atoms with van der Waals surface area (Å²) in [7, 11) is 0. The van der Waals surface area contributed by atoms with Crippen LogP contribution in [0.25, 0.3) is 5.69 Å². The van der Waals surface area contributed by atoms with Crippen molar-refractivity contribution in [2.24, 2.45) is 0 Å². The van der Waals surface area contributed by atoms with Gasteiger partial charge in [0, 0.05) is 13.1 Å². The standard InChI is InChI=1S/C14H18ClN5O/c1-14(2)10-19(9-12(8-15)21-14)13-16-17-18-20(13)11-6-4-3-5-7-11/h3-7,12H,8-10H2,1-2H3. The molecule has 1 unspecified atom stereocenters. The van der Waals surface area contributed by atoms with Crippen LogP contribution < -0.4 is 4.90 Å². The first-order chi connectivity index (χ1) is 10.1. The Labute approximate surface area is 128 Å². The minimum atomic E-state index is -0.286. The number of morpholine rings is 1. The molecule has 1 saturated heterocycles. The molecule has 0 saturated carbocycles. The summed E-state index contributed by atoms with van der Waals surface area (Å²) in [5.74, 6) is 1.17. The molecular weight excluding hydrogens is 290 g/mol. The highest BCUT2D eigenvalue weighted by Gasteiger charge is 2.35. The van der Waals surface area contributed by atoms with Gasteiger partial charge in [0.2, 0.25) is 0 Å². The number of rotatable bonds is 3. The average Bonchev–Trinajstić information content (AvgIpc) is 2.96. The Kier molecular flexibility index (Phi) is 3.82. The van der Waals surface area contributed by atoms with E-state index in [1.807, 2.05) is 30.3 Å². The van der Waals surface area contributed by atoms with Crippen LogP contribution in [0.5, 0.6) is 0 Å². The van der Waals surface area contributed by atoms with Crippen LogP contribution in [-0.2, 0) is 4.74 Å². The van der Waals surface area contributed by atoms with E-state index in [1.54, 1.807) is 4.68 Å². The molecular formula is C14H18ClN5O. The van der Waals surface area contributed by atoms with Gasteiger partial charge in [0.25, 0.3) is 5.95 Å². The molecule has 1 aliphatic heterocycles. The molecule has 0 N–H and O–H groups in total. The lowest BCUT2D eigenvalue weighted by atomic mass is 10.1. The van der Waals surface area contributed by atoms with Gasteiger partial charge in [0.05, 0.1) is 23.3 Å². The van der Waals surface area contributed by atoms with Crippen molar-refractivity contribution >= 4 is 17.5 Å². The quantitative estimate of drug-likeness (QED) is 0.811. The maximum absolute atomic E-state index is 5.98. The number of para-hydroxylation sites is 1. The molecule has 1 aromatic heterocycles. The Bertz CT molecular complexity index is 600. The summed E-state index contributed by atoms with van der Waals surface area (Å²) < 4.78 is 7.69. The molecule has 1 fully saturated rings. The monoisotopic (exact) mass is 307 g/mol. The fraction of sp³-hybridized carbons (Fsp3) is 0.500. The molecule has 3 rings (SSSR count). The average molecular weight is 308 g/mol. The molecule has 0 bridgehead atoms. The summed E-state index contributed by atoms with van der Waals surface area (Å²) in [4.78, 5) is 2.13. The molecule has 0 amide bonds. The molecule has 2 heterocycles. The van der Waals surface area contributed by atoms with Crippen molar-refractivity contribution in [3.05, 3.63) is 30.3 Å². The minimum absolute atomic E-state index is 0.0312. The van der Waals surface area contributed by atoms with Crippen molar-refractivity contribution in [2.75, 3.05) is 23.9 Å². The summed E-state index contributed by atoms with van der Waals surface area (Å²) in [6.07, 6.45) is -0.0312. The molecule has 112 valence electrons. The van der Waals surface area contributed by atoms with E-state index >= 15 is 0 Å². The van der Waals surface area contributed by atoms with Gasteiger partial charge in [-0.1, -0.05) is 23.3 Å². The van der Waals surface area contributed by atoms with Gasteiger partial charge in [0.15, 0.2) is 0 Å². The predicted molar refractivity (Wildman–Crippen MR) is 81.0 cm³/mol. The lowest BCUT2D eigenvalue weighted by Gasteiger charge is -2.42. The highest BCUT2D eigenvalue weighted by Crippen LogP contribution is 2.26. The zero-order valence-electron chi connectivity index (χ0n) is 12.1. The summed E-state index contributed by atoms with van der Waals surface area (Å²) in [5.41, 5.74) is 0.648. The van der Waals surface area contributed by atoms with Gasteiger partial charge in [-0.15, -0.1) is 11.6 Å². The number of halogens is 1. The Morgan fingerprint density at radius 3 is 2.81 bits per heavy atom. The summed E-state index contributed by atoms with van der Waals surface area (Å²) >= 11 is 5.98. The number of hydrogen-bond donors (Lipinski definition) is 0. The Morgan fingerprint density at radius 1 is 1.33 bits per heavy atom. The maximum atomic E-state index is 5.98. The normalized spacial score (nSPS) is 21.5. The number of hydrogen-bond acceptors (Lipinski definition) is 5. The first-order valence-electron chi connectivity index (χ1n) is 6.91. The Hall–Kier alpha value is -1.66. The van der Waals surface area contributed by atoms with E-state index in [9.17, 15) is 0 Å². The van der Waals surface area contributed by atoms with Crippen LogP contribution in [0.15, 0.2) is 30.3 Å². The molecule has 1 atom stereocenters. The van der Waals surface area contributed by atoms with Crippen molar-refractivity contribution in [3.8, 4) is 5.69 Å². The first kappa shape index (κ1) is 14.3. The second-order valence-corrected chi connectivity index (χ2v) is 6.07. The van der Waals surface area contributed by atoms with Crippen molar-refractivity contribution in [3.63, 3.8) is 0 Å². The van der Waals surface area contributed by atoms with Crippen LogP contribution >= 0.6 is 11.6 Å². The predicted octanol–water partition coefficient (Wildman–Crippen LogP) is 1.88. The number of aromatic nitrogens is 4. The fourth-order valence-corrected chi connectivity index (χ4v) is 2.80. The zero-order chi connectivity index (χ0) is 14.9. The third kappa shape index (κ3) is 3.01. The molecule has 6 nitrogen and oxygen atoms in total. The SMILES string of the molecule is CC1(C)CN(c2nnnn2-c2ccccc2)CC(CCl)O1. The molecule has 21 heavy (non-hydrogen) atoms. The molecule has 7 heteroatoms. The first-order valence-corrected chi connectivity index (χ1v) is 7.45. The zero-order valence-corrected chi connectivity index (χ0v) is 12.9. The van der Waals surface area contributed by atoms with Gasteiger partial charge in [-0.25, -0.2) is 0 Å². The third-order valence-corrected chi connectivity index (χ3v) is 3.73. The second kappa shape index (κ2) is 5.61. The molecule has 1 aliphatic rings. The molecule has 0 aliphatic carbocycles. The van der Waals surface area contributed by atoms with Crippen LogP contribution in [0.1, 0.15) is 13.8 Å². The smallest absolute Gasteiger partial charge is 0.250 e. The van der Waals surface area contributed by atoms with E-state index in [0.717, 1.165) is 5.69 Å². The van der Waals surface area contributed by atoms with Crippen LogP contribution in [0.2, 0.25) is 0 Å². The number of benzene rings is 1. The van der Waals surface area contributed by atoms with Crippen molar-refractivity contribution in [1.29, 1.82) is 0 Å². The molecule has 2 aromatic rings. The van der Waals surface area contributed by atoms with E-state index < -0.39 is 0 Å².